The first kappa shape index (κ1) is 52.0. The van der Waals surface area contributed by atoms with Crippen LogP contribution in [0.1, 0.15) is 99.5 Å². The standard InChI is InChI=1S/C52H58N2O17/c1-27-34(68-48(64)40(59)39(30-16-10-7-11-17-30)54-45(61)31-18-12-8-13-19-31)25-52(65)44(70-46(62)32-20-14-9-15-21-32)42-50(6,43(60)41(67-28(2)55)38(27)49(52,4)5)35(69-47(63)33(53)22-23-37(57)58)24-36-51(42,26-66-36)71-29(3)56/h7-21,33-36,39-42,44,59,65H,22-26,53H2,1-6H3,(H,54,61)(H,57,58)/t33-,34+,35+,36-,39+,40-,41-,42+,44+,50-,51+,52-/m1/s1. The van der Waals surface area contributed by atoms with Gasteiger partial charge in [0, 0.05) is 44.1 Å². The fraction of sp³-hybridized carbons (Fsp3) is 0.462. The molecule has 2 bridgehead atoms. The molecule has 3 aromatic rings. The van der Waals surface area contributed by atoms with Gasteiger partial charge in [-0.15, -0.1) is 0 Å². The summed E-state index contributed by atoms with van der Waals surface area (Å²) in [7, 11) is 0. The van der Waals surface area contributed by atoms with Gasteiger partial charge in [0.1, 0.15) is 36.1 Å². The number of benzene rings is 3. The minimum Gasteiger partial charge on any atom is -0.481 e. The van der Waals surface area contributed by atoms with Crippen molar-refractivity contribution in [1.82, 2.24) is 5.32 Å². The molecule has 6 N–H and O–H groups in total. The van der Waals surface area contributed by atoms with Crippen LogP contribution in [-0.4, -0.2) is 123 Å². The maximum atomic E-state index is 16.1. The molecule has 378 valence electrons. The summed E-state index contributed by atoms with van der Waals surface area (Å²) in [6.07, 6.45) is -12.4. The van der Waals surface area contributed by atoms with Crippen molar-refractivity contribution in [2.24, 2.45) is 22.5 Å². The molecule has 12 atom stereocenters. The number of Topliss-reactive ketones (excluding diaryl/α,β-unsaturated/α-hetero) is 1. The summed E-state index contributed by atoms with van der Waals surface area (Å²) in [6.45, 7) is 7.53. The Labute approximate surface area is 408 Å². The maximum Gasteiger partial charge on any atom is 0.338 e. The normalized spacial score (nSPS) is 29.6. The molecule has 4 aliphatic rings. The molecular formula is C52H58N2O17. The molecule has 1 saturated heterocycles. The van der Waals surface area contributed by atoms with Gasteiger partial charge in [-0.3, -0.25) is 28.8 Å². The predicted octanol–water partition coefficient (Wildman–Crippen LogP) is 3.48. The molecule has 3 fully saturated rings. The Kier molecular flexibility index (Phi) is 14.8. The highest BCUT2D eigenvalue weighted by Gasteiger charge is 2.79. The molecule has 2 saturated carbocycles. The average Bonchev–Trinajstić information content (AvgIpc) is 3.33. The fourth-order valence-electron chi connectivity index (χ4n) is 11.0. The van der Waals surface area contributed by atoms with E-state index in [9.17, 15) is 48.9 Å². The number of carbonyl (C=O) groups is 8. The zero-order valence-electron chi connectivity index (χ0n) is 40.0. The van der Waals surface area contributed by atoms with Gasteiger partial charge in [-0.05, 0) is 61.2 Å². The zero-order valence-corrected chi connectivity index (χ0v) is 40.0. The number of aliphatic carboxylic acids is 1. The van der Waals surface area contributed by atoms with Crippen molar-refractivity contribution >= 4 is 47.5 Å². The highest BCUT2D eigenvalue weighted by molar-refractivity contribution is 5.96. The van der Waals surface area contributed by atoms with Gasteiger partial charge in [-0.2, -0.15) is 0 Å². The lowest BCUT2D eigenvalue weighted by atomic mass is 9.44. The third-order valence-corrected chi connectivity index (χ3v) is 14.7. The van der Waals surface area contributed by atoms with Crippen LogP contribution in [0.3, 0.4) is 0 Å². The third-order valence-electron chi connectivity index (χ3n) is 14.7. The molecular weight excluding hydrogens is 925 g/mol. The van der Waals surface area contributed by atoms with Crippen LogP contribution in [-0.2, 0) is 57.2 Å². The lowest BCUT2D eigenvalue weighted by Crippen LogP contribution is -2.82. The summed E-state index contributed by atoms with van der Waals surface area (Å²) in [6, 6.07) is 20.9. The molecule has 0 aromatic heterocycles. The SMILES string of the molecule is CC(=O)O[C@H]1C(=O)[C@]2(C)[C@@H](OC(=O)[C@H](N)CCC(=O)O)C[C@H]3OC[C@@]3(OC(C)=O)[C@H]2[C@H](OC(=O)c2ccccc2)[C@]2(O)C[C@H](OC(=O)[C@H](O)[C@@H](NC(=O)c3ccccc3)c3ccccc3)C(C)=C1C2(C)C. The number of hydrogen-bond donors (Lipinski definition) is 5. The van der Waals surface area contributed by atoms with Gasteiger partial charge in [0.05, 0.1) is 29.5 Å². The number of esters is 5. The highest BCUT2D eigenvalue weighted by Crippen LogP contribution is 2.65. The number of carbonyl (C=O) groups excluding carboxylic acids is 7. The van der Waals surface area contributed by atoms with E-state index in [1.54, 1.807) is 78.9 Å². The maximum absolute atomic E-state index is 16.1. The van der Waals surface area contributed by atoms with Crippen molar-refractivity contribution < 1.29 is 82.1 Å². The van der Waals surface area contributed by atoms with Crippen molar-refractivity contribution in [3.8, 4) is 0 Å². The van der Waals surface area contributed by atoms with E-state index < -0.39 is 144 Å². The van der Waals surface area contributed by atoms with E-state index in [-0.39, 0.29) is 35.1 Å². The first-order valence-corrected chi connectivity index (χ1v) is 23.2. The first-order chi connectivity index (χ1) is 33.5. The second-order valence-corrected chi connectivity index (χ2v) is 19.3. The molecule has 3 aliphatic carbocycles. The lowest BCUT2D eigenvalue weighted by molar-refractivity contribution is -0.346. The van der Waals surface area contributed by atoms with E-state index >= 15 is 4.79 Å². The summed E-state index contributed by atoms with van der Waals surface area (Å²) < 4.78 is 36.8. The molecule has 1 aliphatic heterocycles. The number of ketones is 1. The van der Waals surface area contributed by atoms with E-state index in [0.29, 0.717) is 5.56 Å². The van der Waals surface area contributed by atoms with E-state index in [2.05, 4.69) is 5.32 Å². The van der Waals surface area contributed by atoms with Gasteiger partial charge in [0.15, 0.2) is 23.6 Å². The number of carboxylic acids is 1. The Hall–Kier alpha value is -6.80. The number of carboxylic acid groups (broad SMARTS) is 1. The number of ether oxygens (including phenoxy) is 6. The van der Waals surface area contributed by atoms with Gasteiger partial charge in [0.2, 0.25) is 0 Å². The van der Waals surface area contributed by atoms with Crippen molar-refractivity contribution in [3.05, 3.63) is 119 Å². The molecule has 1 amide bonds. The van der Waals surface area contributed by atoms with E-state index in [1.807, 2.05) is 0 Å². The molecule has 7 rings (SSSR count). The summed E-state index contributed by atoms with van der Waals surface area (Å²) in [5, 5.41) is 37.9. The number of fused-ring (bicyclic) bond motifs is 5. The van der Waals surface area contributed by atoms with Crippen LogP contribution < -0.4 is 11.1 Å². The molecule has 0 radical (unpaired) electrons. The van der Waals surface area contributed by atoms with Crippen molar-refractivity contribution in [2.75, 3.05) is 6.61 Å². The van der Waals surface area contributed by atoms with Gasteiger partial charge in [-0.25, -0.2) is 9.59 Å². The molecule has 0 spiro atoms. The zero-order chi connectivity index (χ0) is 51.8. The predicted molar refractivity (Wildman–Crippen MR) is 246 cm³/mol. The van der Waals surface area contributed by atoms with Crippen molar-refractivity contribution in [1.29, 1.82) is 0 Å². The number of aliphatic hydroxyl groups is 2. The van der Waals surface area contributed by atoms with E-state index in [4.69, 9.17) is 34.2 Å². The Morgan fingerprint density at radius 3 is 1.96 bits per heavy atom. The molecule has 71 heavy (non-hydrogen) atoms. The molecule has 19 heteroatoms. The minimum atomic E-state index is -2.54. The van der Waals surface area contributed by atoms with Crippen molar-refractivity contribution in [3.63, 3.8) is 0 Å². The van der Waals surface area contributed by atoms with Crippen LogP contribution in [0.5, 0.6) is 0 Å². The number of rotatable bonds is 15. The summed E-state index contributed by atoms with van der Waals surface area (Å²) in [5.41, 5.74) is -1.87. The van der Waals surface area contributed by atoms with Crippen LogP contribution in [0.15, 0.2) is 102 Å². The second kappa shape index (κ2) is 20.1. The fourth-order valence-corrected chi connectivity index (χ4v) is 11.0. The summed E-state index contributed by atoms with van der Waals surface area (Å²) >= 11 is 0. The van der Waals surface area contributed by atoms with Crippen LogP contribution in [0.2, 0.25) is 0 Å². The van der Waals surface area contributed by atoms with E-state index in [0.717, 1.165) is 13.8 Å². The first-order valence-electron chi connectivity index (χ1n) is 23.2. The quantitative estimate of drug-likeness (QED) is 0.0827. The van der Waals surface area contributed by atoms with Crippen molar-refractivity contribution in [2.45, 2.75) is 127 Å². The van der Waals surface area contributed by atoms with E-state index in [1.165, 1.54) is 39.8 Å². The lowest BCUT2D eigenvalue weighted by Gasteiger charge is -2.67. The summed E-state index contributed by atoms with van der Waals surface area (Å²) in [5.74, 6) is -9.88. The Morgan fingerprint density at radius 1 is 0.817 bits per heavy atom. The molecule has 3 aromatic carbocycles. The number of amides is 1. The Morgan fingerprint density at radius 2 is 1.41 bits per heavy atom. The Balaban J connectivity index is 1.42. The smallest absolute Gasteiger partial charge is 0.338 e. The summed E-state index contributed by atoms with van der Waals surface area (Å²) in [4.78, 5) is 111. The van der Waals surface area contributed by atoms with Crippen LogP contribution in [0.4, 0.5) is 0 Å². The number of hydrogen-bond acceptors (Lipinski definition) is 17. The minimum absolute atomic E-state index is 0.00807. The number of nitrogens with two attached hydrogens (primary N) is 1. The largest absolute Gasteiger partial charge is 0.481 e. The van der Waals surface area contributed by atoms with Gasteiger partial charge >= 0.3 is 35.8 Å². The molecule has 19 nitrogen and oxygen atoms in total. The van der Waals surface area contributed by atoms with Crippen LogP contribution in [0, 0.1) is 16.7 Å². The third kappa shape index (κ3) is 9.58. The number of nitrogens with one attached hydrogen (secondary N) is 1. The van der Waals surface area contributed by atoms with Gasteiger partial charge < -0.3 is 54.8 Å². The topological polar surface area (TPSA) is 291 Å². The van der Waals surface area contributed by atoms with Gasteiger partial charge in [0.25, 0.3) is 5.91 Å². The van der Waals surface area contributed by atoms with Crippen LogP contribution in [0.25, 0.3) is 0 Å². The Bertz CT molecular complexity index is 2600. The monoisotopic (exact) mass is 982 g/mol. The molecule has 1 heterocycles. The van der Waals surface area contributed by atoms with Gasteiger partial charge in [-0.1, -0.05) is 80.6 Å². The molecule has 0 unspecified atom stereocenters. The number of aliphatic hydroxyl groups excluding tert-OH is 1. The second-order valence-electron chi connectivity index (χ2n) is 19.3. The van der Waals surface area contributed by atoms with Crippen LogP contribution >= 0.6 is 0 Å². The average molecular weight is 983 g/mol. The highest BCUT2D eigenvalue weighted by atomic mass is 16.6.